The van der Waals surface area contributed by atoms with Gasteiger partial charge in [-0.3, -0.25) is 19.6 Å². The molecular weight excluding hydrogens is 300 g/mol. The molecule has 5 nitrogen and oxygen atoms in total. The molecule has 0 N–H and O–H groups in total. The van der Waals surface area contributed by atoms with Crippen molar-refractivity contribution >= 4 is 23.1 Å². The predicted octanol–water partition coefficient (Wildman–Crippen LogP) is 2.77. The minimum Gasteiger partial charge on any atom is -0.300 e. The number of benzene rings is 1. The van der Waals surface area contributed by atoms with E-state index in [0.29, 0.717) is 0 Å². The van der Waals surface area contributed by atoms with Crippen LogP contribution in [0.4, 0.5) is 5.69 Å². The topological polar surface area (TPSA) is 48.3 Å². The van der Waals surface area contributed by atoms with Gasteiger partial charge in [-0.05, 0) is 30.8 Å². The van der Waals surface area contributed by atoms with Crippen LogP contribution in [0.25, 0.3) is 0 Å². The van der Waals surface area contributed by atoms with Gasteiger partial charge in [0.1, 0.15) is 18.2 Å². The lowest BCUT2D eigenvalue weighted by Crippen LogP contribution is -2.40. The average Bonchev–Trinajstić information content (AvgIpc) is 2.62. The monoisotopic (exact) mass is 320 g/mol. The Morgan fingerprint density at radius 1 is 1.21 bits per heavy atom. The van der Waals surface area contributed by atoms with E-state index in [1.165, 1.54) is 5.57 Å². The van der Waals surface area contributed by atoms with Crippen LogP contribution in [0.1, 0.15) is 29.8 Å². The van der Waals surface area contributed by atoms with Gasteiger partial charge in [0.05, 0.1) is 11.3 Å². The molecule has 4 rings (SSSR count). The number of Topliss-reactive ketones (excluding diaryl/α,β-unsaturated/α-hetero) is 1. The highest BCUT2D eigenvalue weighted by atomic mass is 16.1. The minimum absolute atomic E-state index is 0.0640. The van der Waals surface area contributed by atoms with Crippen LogP contribution in [0, 0.1) is 0 Å². The summed E-state index contributed by atoms with van der Waals surface area (Å²) in [5.74, 6) is 1.76. The number of likely N-dealkylation sites (N-methyl/N-ethyl adjacent to an activating group) is 1. The number of nitrogens with zero attached hydrogens (tertiary/aromatic N) is 4. The number of carbonyl (C=O) groups excluding carboxylic acids is 1. The number of aliphatic imine (C=N–C) groups is 2. The third-order valence-electron chi connectivity index (χ3n) is 4.69. The lowest BCUT2D eigenvalue weighted by Gasteiger charge is -2.33. The van der Waals surface area contributed by atoms with Gasteiger partial charge in [0.25, 0.3) is 0 Å². The molecular formula is C19H20N4O. The summed E-state index contributed by atoms with van der Waals surface area (Å²) < 4.78 is 0. The van der Waals surface area contributed by atoms with Gasteiger partial charge in [-0.15, -0.1) is 0 Å². The molecule has 1 aromatic carbocycles. The van der Waals surface area contributed by atoms with E-state index in [9.17, 15) is 4.79 Å². The highest BCUT2D eigenvalue weighted by Crippen LogP contribution is 2.33. The zero-order valence-corrected chi connectivity index (χ0v) is 14.0. The number of rotatable bonds is 4. The summed E-state index contributed by atoms with van der Waals surface area (Å²) in [4.78, 5) is 25.8. The van der Waals surface area contributed by atoms with E-state index in [1.807, 2.05) is 29.2 Å². The van der Waals surface area contributed by atoms with Crippen LogP contribution in [0.15, 0.2) is 52.1 Å². The number of ketones is 1. The molecule has 1 aromatic rings. The maximum atomic E-state index is 12.2. The summed E-state index contributed by atoms with van der Waals surface area (Å²) in [6, 6.07) is 5.71. The molecule has 122 valence electrons. The Kier molecular flexibility index (Phi) is 3.65. The quantitative estimate of drug-likeness (QED) is 0.857. The molecule has 0 spiro atoms. The Hall–Kier alpha value is -2.53. The summed E-state index contributed by atoms with van der Waals surface area (Å²) >= 11 is 0. The van der Waals surface area contributed by atoms with Crippen molar-refractivity contribution in [3.8, 4) is 0 Å². The van der Waals surface area contributed by atoms with Gasteiger partial charge in [-0.25, -0.2) is 4.99 Å². The van der Waals surface area contributed by atoms with Gasteiger partial charge in [-0.2, -0.15) is 0 Å². The van der Waals surface area contributed by atoms with Crippen molar-refractivity contribution in [1.29, 1.82) is 0 Å². The van der Waals surface area contributed by atoms with Crippen LogP contribution in [-0.4, -0.2) is 53.4 Å². The average molecular weight is 320 g/mol. The maximum absolute atomic E-state index is 12.2. The molecule has 24 heavy (non-hydrogen) atoms. The highest BCUT2D eigenvalue weighted by Gasteiger charge is 2.32. The first-order valence-corrected chi connectivity index (χ1v) is 8.41. The van der Waals surface area contributed by atoms with Crippen molar-refractivity contribution < 1.29 is 4.79 Å². The van der Waals surface area contributed by atoms with Crippen LogP contribution < -0.4 is 0 Å². The van der Waals surface area contributed by atoms with E-state index in [0.717, 1.165) is 48.1 Å². The van der Waals surface area contributed by atoms with Crippen LogP contribution in [0.3, 0.4) is 0 Å². The van der Waals surface area contributed by atoms with E-state index in [4.69, 9.17) is 4.99 Å². The number of hydrogen-bond donors (Lipinski definition) is 0. The Bertz CT molecular complexity index is 828. The number of hydrogen-bond acceptors (Lipinski definition) is 5. The molecule has 0 atom stereocenters. The smallest absolute Gasteiger partial charge is 0.185 e. The number of amidine groups is 2. The Morgan fingerprint density at radius 2 is 2.04 bits per heavy atom. The molecule has 3 heterocycles. The molecule has 0 saturated carbocycles. The van der Waals surface area contributed by atoms with Gasteiger partial charge in [0.2, 0.25) is 0 Å². The Labute approximate surface area is 141 Å². The van der Waals surface area contributed by atoms with E-state index in [2.05, 4.69) is 36.0 Å². The minimum atomic E-state index is 0.0640. The van der Waals surface area contributed by atoms with Gasteiger partial charge in [0.15, 0.2) is 5.78 Å². The summed E-state index contributed by atoms with van der Waals surface area (Å²) in [5, 5.41) is 0. The van der Waals surface area contributed by atoms with Gasteiger partial charge < -0.3 is 0 Å². The molecule has 3 aliphatic heterocycles. The SMILES string of the molecule is CCN(CC)CC1=CN2C(=Nc3cccc4c3C2=NCC4=O)C=C1. The summed E-state index contributed by atoms with van der Waals surface area (Å²) in [6.07, 6.45) is 6.26. The second-order valence-electron chi connectivity index (χ2n) is 6.10. The normalized spacial score (nSPS) is 18.0. The third-order valence-corrected chi connectivity index (χ3v) is 4.69. The standard InChI is InChI=1S/C19H20N4O/c1-3-22(4-2)11-13-8-9-17-21-15-7-5-6-14-16(24)10-20-19(18(14)15)23(17)12-13/h5-9,12H,3-4,10-11H2,1-2H3. The van der Waals surface area contributed by atoms with Crippen LogP contribution in [0.2, 0.25) is 0 Å². The summed E-state index contributed by atoms with van der Waals surface area (Å²) in [6.45, 7) is 7.48. The van der Waals surface area contributed by atoms with Gasteiger partial charge in [0, 0.05) is 18.3 Å². The Balaban J connectivity index is 1.76. The van der Waals surface area contributed by atoms with Crippen molar-refractivity contribution in [2.24, 2.45) is 9.98 Å². The lowest BCUT2D eigenvalue weighted by atomic mass is 9.95. The van der Waals surface area contributed by atoms with Crippen molar-refractivity contribution in [1.82, 2.24) is 9.80 Å². The zero-order valence-electron chi connectivity index (χ0n) is 14.0. The molecule has 0 unspecified atom stereocenters. The molecule has 0 bridgehead atoms. The molecule has 5 heteroatoms. The third kappa shape index (κ3) is 2.32. The van der Waals surface area contributed by atoms with E-state index < -0.39 is 0 Å². The lowest BCUT2D eigenvalue weighted by molar-refractivity contribution is 0.0999. The highest BCUT2D eigenvalue weighted by molar-refractivity contribution is 6.25. The number of carbonyl (C=O) groups is 1. The zero-order chi connectivity index (χ0) is 16.7. The second-order valence-corrected chi connectivity index (χ2v) is 6.10. The summed E-state index contributed by atoms with van der Waals surface area (Å²) in [5.41, 5.74) is 3.65. The largest absolute Gasteiger partial charge is 0.300 e. The first-order chi connectivity index (χ1) is 11.7. The first-order valence-electron chi connectivity index (χ1n) is 8.41. The number of fused-ring (bicyclic) bond motifs is 2. The molecule has 0 aromatic heterocycles. The second kappa shape index (κ2) is 5.83. The summed E-state index contributed by atoms with van der Waals surface area (Å²) in [7, 11) is 0. The van der Waals surface area contributed by atoms with Crippen LogP contribution in [-0.2, 0) is 0 Å². The predicted molar refractivity (Wildman–Crippen MR) is 96.1 cm³/mol. The van der Waals surface area contributed by atoms with E-state index >= 15 is 0 Å². The molecule has 0 amide bonds. The van der Waals surface area contributed by atoms with Crippen molar-refractivity contribution in [2.45, 2.75) is 13.8 Å². The Morgan fingerprint density at radius 3 is 2.83 bits per heavy atom. The molecule has 0 saturated heterocycles. The maximum Gasteiger partial charge on any atom is 0.185 e. The van der Waals surface area contributed by atoms with E-state index in [-0.39, 0.29) is 12.3 Å². The van der Waals surface area contributed by atoms with Gasteiger partial charge >= 0.3 is 0 Å². The van der Waals surface area contributed by atoms with E-state index in [1.54, 1.807) is 0 Å². The first kappa shape index (κ1) is 15.0. The van der Waals surface area contributed by atoms with Crippen molar-refractivity contribution in [2.75, 3.05) is 26.2 Å². The fraction of sp³-hybridized carbons (Fsp3) is 0.316. The fourth-order valence-electron chi connectivity index (χ4n) is 3.33. The molecule has 3 aliphatic rings. The molecule has 0 radical (unpaired) electrons. The fourth-order valence-corrected chi connectivity index (χ4v) is 3.33. The van der Waals surface area contributed by atoms with Gasteiger partial charge in [-0.1, -0.05) is 32.1 Å². The molecule has 0 fully saturated rings. The van der Waals surface area contributed by atoms with Crippen molar-refractivity contribution in [3.63, 3.8) is 0 Å². The van der Waals surface area contributed by atoms with Crippen LogP contribution >= 0.6 is 0 Å². The van der Waals surface area contributed by atoms with Crippen molar-refractivity contribution in [3.05, 3.63) is 53.3 Å². The van der Waals surface area contributed by atoms with Crippen LogP contribution in [0.5, 0.6) is 0 Å². The molecule has 0 aliphatic carbocycles.